The number of pyridine rings is 1. The van der Waals surface area contributed by atoms with Crippen LogP contribution in [0.2, 0.25) is 0 Å². The fourth-order valence-corrected chi connectivity index (χ4v) is 5.65. The SMILES string of the molecule is CCn1c(NC(=O)c2ccc(-c3ccncc3)s2)nc2cc(N(C)C(=O)c3ccccc3)ccc21.O=NCC1C=CC=CC=C1. The molecule has 0 fully saturated rings. The minimum atomic E-state index is -0.211. The van der Waals surface area contributed by atoms with Crippen LogP contribution in [0, 0.1) is 10.8 Å². The molecule has 0 radical (unpaired) electrons. The monoisotopic (exact) mass is 616 g/mol. The summed E-state index contributed by atoms with van der Waals surface area (Å²) in [4.78, 5) is 47.6. The predicted octanol–water partition coefficient (Wildman–Crippen LogP) is 7.76. The molecule has 3 aromatic heterocycles. The summed E-state index contributed by atoms with van der Waals surface area (Å²) in [5.41, 5.74) is 3.95. The Labute approximate surface area is 265 Å². The van der Waals surface area contributed by atoms with Crippen molar-refractivity contribution < 1.29 is 9.59 Å². The van der Waals surface area contributed by atoms with E-state index in [9.17, 15) is 14.5 Å². The first-order valence-corrected chi connectivity index (χ1v) is 15.3. The Balaban J connectivity index is 0.000000342. The standard InChI is InChI=1S/C27H23N5O2S.C8H9NO/c1-3-32-22-10-9-20(31(2)26(34)19-7-5-4-6-8-19)17-21(22)29-27(32)30-25(33)24-12-11-23(35-24)18-13-15-28-16-14-18;10-9-7-8-5-3-1-2-4-6-8/h4-17H,3H2,1-2H3,(H,29,30,33);1-6,8H,7H2. The molecule has 0 aliphatic heterocycles. The van der Waals surface area contributed by atoms with Crippen LogP contribution in [0.5, 0.6) is 0 Å². The number of carbonyl (C=O) groups is 2. The van der Waals surface area contributed by atoms with Gasteiger partial charge in [0.05, 0.1) is 22.5 Å². The molecule has 2 aromatic carbocycles. The molecule has 0 saturated carbocycles. The summed E-state index contributed by atoms with van der Waals surface area (Å²) in [7, 11) is 1.74. The van der Waals surface area contributed by atoms with Crippen molar-refractivity contribution in [2.24, 2.45) is 11.1 Å². The number of rotatable bonds is 8. The zero-order valence-corrected chi connectivity index (χ0v) is 25.7. The molecule has 226 valence electrons. The number of nitrogens with zero attached hydrogens (tertiary/aromatic N) is 5. The number of fused-ring (bicyclic) bond motifs is 1. The van der Waals surface area contributed by atoms with Gasteiger partial charge in [-0.2, -0.15) is 4.91 Å². The fourth-order valence-electron chi connectivity index (χ4n) is 4.74. The Hall–Kier alpha value is -5.48. The molecule has 1 aliphatic carbocycles. The Kier molecular flexibility index (Phi) is 10.2. The maximum Gasteiger partial charge on any atom is 0.268 e. The lowest BCUT2D eigenvalue weighted by atomic mass is 10.1. The molecule has 0 spiro atoms. The van der Waals surface area contributed by atoms with E-state index in [2.05, 4.69) is 20.5 Å². The summed E-state index contributed by atoms with van der Waals surface area (Å²) in [5.74, 6) is 0.348. The summed E-state index contributed by atoms with van der Waals surface area (Å²) in [6, 6.07) is 22.4. The van der Waals surface area contributed by atoms with E-state index in [1.165, 1.54) is 11.3 Å². The lowest BCUT2D eigenvalue weighted by Crippen LogP contribution is -2.26. The van der Waals surface area contributed by atoms with Crippen molar-refractivity contribution in [2.75, 3.05) is 23.8 Å². The Bertz CT molecular complexity index is 1860. The number of allylic oxidation sites excluding steroid dienone is 4. The second-order valence-corrected chi connectivity index (χ2v) is 11.2. The minimum Gasteiger partial charge on any atom is -0.311 e. The molecule has 5 aromatic rings. The number of imidazole rings is 1. The zero-order chi connectivity index (χ0) is 31.6. The lowest BCUT2D eigenvalue weighted by molar-refractivity contribution is 0.0991. The number of hydrogen-bond acceptors (Lipinski definition) is 7. The first-order chi connectivity index (χ1) is 22.0. The molecule has 0 atom stereocenters. The molecular weight excluding hydrogens is 584 g/mol. The molecule has 3 heterocycles. The van der Waals surface area contributed by atoms with E-state index in [0.717, 1.165) is 21.6 Å². The lowest BCUT2D eigenvalue weighted by Gasteiger charge is -2.17. The highest BCUT2D eigenvalue weighted by Crippen LogP contribution is 2.29. The van der Waals surface area contributed by atoms with Gasteiger partial charge in [0.1, 0.15) is 0 Å². The summed E-state index contributed by atoms with van der Waals surface area (Å²) in [6.45, 7) is 2.98. The highest BCUT2D eigenvalue weighted by atomic mass is 32.1. The van der Waals surface area contributed by atoms with E-state index >= 15 is 0 Å². The number of carbonyl (C=O) groups excluding carboxylic acids is 2. The van der Waals surface area contributed by atoms with E-state index in [1.807, 2.05) is 109 Å². The van der Waals surface area contributed by atoms with Crippen molar-refractivity contribution in [3.63, 3.8) is 0 Å². The second kappa shape index (κ2) is 14.8. The van der Waals surface area contributed by atoms with Crippen LogP contribution < -0.4 is 10.2 Å². The first-order valence-electron chi connectivity index (χ1n) is 14.4. The number of aromatic nitrogens is 3. The quantitative estimate of drug-likeness (QED) is 0.179. The van der Waals surface area contributed by atoms with Gasteiger partial charge < -0.3 is 9.47 Å². The van der Waals surface area contributed by atoms with Gasteiger partial charge in [-0.1, -0.05) is 59.8 Å². The van der Waals surface area contributed by atoms with E-state index in [0.29, 0.717) is 35.0 Å². The topological polar surface area (TPSA) is 110 Å². The maximum absolute atomic E-state index is 13.0. The van der Waals surface area contributed by atoms with E-state index < -0.39 is 0 Å². The van der Waals surface area contributed by atoms with E-state index in [-0.39, 0.29) is 17.7 Å². The van der Waals surface area contributed by atoms with Crippen LogP contribution in [-0.2, 0) is 6.54 Å². The minimum absolute atomic E-state index is 0.101. The fraction of sp³-hybridized carbons (Fsp3) is 0.143. The van der Waals surface area contributed by atoms with Crippen molar-refractivity contribution in [3.8, 4) is 10.4 Å². The van der Waals surface area contributed by atoms with Crippen molar-refractivity contribution in [3.05, 3.63) is 137 Å². The number of anilines is 2. The van der Waals surface area contributed by atoms with Gasteiger partial charge in [0.15, 0.2) is 0 Å². The van der Waals surface area contributed by atoms with Crippen LogP contribution >= 0.6 is 11.3 Å². The van der Waals surface area contributed by atoms with Crippen molar-refractivity contribution >= 4 is 45.8 Å². The largest absolute Gasteiger partial charge is 0.311 e. The van der Waals surface area contributed by atoms with Gasteiger partial charge in [0.2, 0.25) is 5.95 Å². The third-order valence-corrected chi connectivity index (χ3v) is 8.25. The van der Waals surface area contributed by atoms with E-state index in [1.54, 1.807) is 36.5 Å². The number of benzene rings is 2. The van der Waals surface area contributed by atoms with Crippen LogP contribution in [-0.4, -0.2) is 39.9 Å². The first kappa shape index (κ1) is 31.0. The predicted molar refractivity (Wildman–Crippen MR) is 182 cm³/mol. The molecule has 2 amide bonds. The number of hydrogen-bond donors (Lipinski definition) is 1. The molecule has 0 unspecified atom stereocenters. The zero-order valence-electron chi connectivity index (χ0n) is 24.9. The third kappa shape index (κ3) is 7.54. The van der Waals surface area contributed by atoms with Crippen LogP contribution in [0.1, 0.15) is 27.0 Å². The van der Waals surface area contributed by atoms with E-state index in [4.69, 9.17) is 0 Å². The van der Waals surface area contributed by atoms with Gasteiger partial charge >= 0.3 is 0 Å². The Morgan fingerprint density at radius 1 is 0.956 bits per heavy atom. The average molecular weight is 617 g/mol. The Morgan fingerprint density at radius 3 is 2.38 bits per heavy atom. The van der Waals surface area contributed by atoms with Gasteiger partial charge in [-0.25, -0.2) is 4.98 Å². The Morgan fingerprint density at radius 2 is 1.69 bits per heavy atom. The van der Waals surface area contributed by atoms with Gasteiger partial charge in [-0.05, 0) is 67.1 Å². The summed E-state index contributed by atoms with van der Waals surface area (Å²) < 4.78 is 1.95. The second-order valence-electron chi connectivity index (χ2n) is 10.1. The van der Waals surface area contributed by atoms with Gasteiger partial charge in [0, 0.05) is 48.0 Å². The number of amides is 2. The van der Waals surface area contributed by atoms with Crippen LogP contribution in [0.15, 0.2) is 127 Å². The third-order valence-electron chi connectivity index (χ3n) is 7.12. The number of aryl methyl sites for hydroxylation is 1. The number of thiophene rings is 1. The summed E-state index contributed by atoms with van der Waals surface area (Å²) >= 11 is 1.42. The molecule has 10 heteroatoms. The molecular formula is C35H32N6O3S. The van der Waals surface area contributed by atoms with Crippen molar-refractivity contribution in [1.29, 1.82) is 0 Å². The van der Waals surface area contributed by atoms with Crippen molar-refractivity contribution in [1.82, 2.24) is 14.5 Å². The van der Waals surface area contributed by atoms with Gasteiger partial charge in [0.25, 0.3) is 11.8 Å². The highest BCUT2D eigenvalue weighted by Gasteiger charge is 2.18. The number of nitrogens with one attached hydrogen (secondary N) is 1. The maximum atomic E-state index is 13.0. The molecule has 6 rings (SSSR count). The van der Waals surface area contributed by atoms with Gasteiger partial charge in [-0.15, -0.1) is 11.3 Å². The highest BCUT2D eigenvalue weighted by molar-refractivity contribution is 7.17. The summed E-state index contributed by atoms with van der Waals surface area (Å²) in [5, 5.41) is 5.78. The molecule has 1 N–H and O–H groups in total. The molecule has 9 nitrogen and oxygen atoms in total. The van der Waals surface area contributed by atoms with Crippen molar-refractivity contribution in [2.45, 2.75) is 13.5 Å². The van der Waals surface area contributed by atoms with Gasteiger partial charge in [-0.3, -0.25) is 19.9 Å². The normalized spacial score (nSPS) is 12.3. The summed E-state index contributed by atoms with van der Waals surface area (Å²) in [6.07, 6.45) is 15.1. The molecule has 1 aliphatic rings. The number of nitroso groups, excluding NO2 is 1. The molecule has 0 saturated heterocycles. The van der Waals surface area contributed by atoms with Crippen LogP contribution in [0.25, 0.3) is 21.5 Å². The van der Waals surface area contributed by atoms with Crippen LogP contribution in [0.4, 0.5) is 11.6 Å². The molecule has 45 heavy (non-hydrogen) atoms. The smallest absolute Gasteiger partial charge is 0.268 e. The molecule has 0 bridgehead atoms. The van der Waals surface area contributed by atoms with Crippen LogP contribution in [0.3, 0.4) is 0 Å². The average Bonchev–Trinajstić information content (AvgIpc) is 3.62.